The number of carbonyl (C=O) groups excluding carboxylic acids is 1. The Labute approximate surface area is 126 Å². The maximum Gasteiger partial charge on any atom is 0.305 e. The first kappa shape index (κ1) is 17.2. The van der Waals surface area contributed by atoms with E-state index in [1.54, 1.807) is 4.90 Å². The van der Waals surface area contributed by atoms with Crippen molar-refractivity contribution in [1.82, 2.24) is 4.90 Å². The summed E-state index contributed by atoms with van der Waals surface area (Å²) >= 11 is 0. The van der Waals surface area contributed by atoms with Crippen LogP contribution in [0.4, 0.5) is 0 Å². The van der Waals surface area contributed by atoms with Gasteiger partial charge >= 0.3 is 5.97 Å². The van der Waals surface area contributed by atoms with Gasteiger partial charge in [0, 0.05) is 19.5 Å². The molecule has 1 aromatic carbocycles. The molecule has 0 aliphatic rings. The summed E-state index contributed by atoms with van der Waals surface area (Å²) in [5.74, 6) is -0.495. The van der Waals surface area contributed by atoms with Gasteiger partial charge in [0.2, 0.25) is 5.91 Å². The van der Waals surface area contributed by atoms with E-state index in [1.807, 2.05) is 45.0 Å². The maximum atomic E-state index is 12.3. The van der Waals surface area contributed by atoms with Crippen LogP contribution in [-0.4, -0.2) is 35.0 Å². The Kier molecular flexibility index (Phi) is 6.92. The molecule has 4 nitrogen and oxygen atoms in total. The van der Waals surface area contributed by atoms with Crippen LogP contribution < -0.4 is 0 Å². The summed E-state index contributed by atoms with van der Waals surface area (Å²) in [7, 11) is 0. The van der Waals surface area contributed by atoms with Crippen molar-refractivity contribution in [3.8, 4) is 0 Å². The fourth-order valence-electron chi connectivity index (χ4n) is 2.28. The van der Waals surface area contributed by atoms with Crippen LogP contribution in [0.5, 0.6) is 0 Å². The fourth-order valence-corrected chi connectivity index (χ4v) is 2.28. The molecular weight excluding hydrogens is 266 g/mol. The SMILES string of the molecule is Cc1ccccc1CCC(=O)N(CCC(=O)O)CC(C)C. The van der Waals surface area contributed by atoms with Gasteiger partial charge in [-0.3, -0.25) is 9.59 Å². The van der Waals surface area contributed by atoms with E-state index in [9.17, 15) is 9.59 Å². The van der Waals surface area contributed by atoms with E-state index >= 15 is 0 Å². The van der Waals surface area contributed by atoms with Gasteiger partial charge in [-0.05, 0) is 30.4 Å². The van der Waals surface area contributed by atoms with Gasteiger partial charge in [-0.2, -0.15) is 0 Å². The van der Waals surface area contributed by atoms with E-state index in [-0.39, 0.29) is 12.3 Å². The number of aliphatic carboxylic acids is 1. The highest BCUT2D eigenvalue weighted by molar-refractivity contribution is 5.77. The highest BCUT2D eigenvalue weighted by Crippen LogP contribution is 2.11. The van der Waals surface area contributed by atoms with E-state index in [0.717, 1.165) is 0 Å². The third-order valence-electron chi connectivity index (χ3n) is 3.40. The molecule has 0 fully saturated rings. The molecule has 0 aromatic heterocycles. The molecule has 1 rings (SSSR count). The van der Waals surface area contributed by atoms with Gasteiger partial charge in [-0.25, -0.2) is 0 Å². The van der Waals surface area contributed by atoms with E-state index < -0.39 is 5.97 Å². The van der Waals surface area contributed by atoms with E-state index in [2.05, 4.69) is 0 Å². The minimum absolute atomic E-state index is 0.00280. The van der Waals surface area contributed by atoms with Crippen molar-refractivity contribution in [2.24, 2.45) is 5.92 Å². The van der Waals surface area contributed by atoms with Crippen molar-refractivity contribution < 1.29 is 14.7 Å². The largest absolute Gasteiger partial charge is 0.481 e. The molecule has 1 aromatic rings. The number of carboxylic acid groups (broad SMARTS) is 1. The Morgan fingerprint density at radius 1 is 1.19 bits per heavy atom. The molecule has 0 spiro atoms. The van der Waals surface area contributed by atoms with Crippen LogP contribution >= 0.6 is 0 Å². The topological polar surface area (TPSA) is 57.6 Å². The van der Waals surface area contributed by atoms with Crippen molar-refractivity contribution in [1.29, 1.82) is 0 Å². The lowest BCUT2D eigenvalue weighted by Gasteiger charge is -2.24. The maximum absolute atomic E-state index is 12.3. The minimum Gasteiger partial charge on any atom is -0.481 e. The zero-order chi connectivity index (χ0) is 15.8. The number of nitrogens with zero attached hydrogens (tertiary/aromatic N) is 1. The molecule has 1 N–H and O–H groups in total. The lowest BCUT2D eigenvalue weighted by molar-refractivity contribution is -0.138. The van der Waals surface area contributed by atoms with Crippen LogP contribution in [0.25, 0.3) is 0 Å². The summed E-state index contributed by atoms with van der Waals surface area (Å²) in [6, 6.07) is 8.03. The summed E-state index contributed by atoms with van der Waals surface area (Å²) in [5.41, 5.74) is 2.36. The predicted octanol–water partition coefficient (Wildman–Crippen LogP) is 2.89. The van der Waals surface area contributed by atoms with Crippen LogP contribution in [0.1, 0.15) is 37.8 Å². The molecule has 21 heavy (non-hydrogen) atoms. The average Bonchev–Trinajstić information content (AvgIpc) is 2.41. The number of carbonyl (C=O) groups is 2. The Hall–Kier alpha value is -1.84. The second kappa shape index (κ2) is 8.45. The van der Waals surface area contributed by atoms with Crippen molar-refractivity contribution in [2.45, 2.75) is 40.0 Å². The third-order valence-corrected chi connectivity index (χ3v) is 3.40. The summed E-state index contributed by atoms with van der Waals surface area (Å²) in [6.07, 6.45) is 1.13. The molecular formula is C17H25NO3. The Balaban J connectivity index is 2.59. The molecule has 1 amide bonds. The van der Waals surface area contributed by atoms with E-state index in [1.165, 1.54) is 11.1 Å². The molecule has 0 atom stereocenters. The highest BCUT2D eigenvalue weighted by atomic mass is 16.4. The standard InChI is InChI=1S/C17H25NO3/c1-13(2)12-18(11-10-17(20)21)16(19)9-8-15-7-5-4-6-14(15)3/h4-7,13H,8-12H2,1-3H3,(H,20,21). The molecule has 0 saturated carbocycles. The van der Waals surface area contributed by atoms with E-state index in [4.69, 9.17) is 5.11 Å². The van der Waals surface area contributed by atoms with Gasteiger partial charge in [0.05, 0.1) is 6.42 Å². The van der Waals surface area contributed by atoms with Gasteiger partial charge in [-0.1, -0.05) is 38.1 Å². The van der Waals surface area contributed by atoms with Crippen LogP contribution in [0, 0.1) is 12.8 Å². The van der Waals surface area contributed by atoms with Crippen LogP contribution in [0.15, 0.2) is 24.3 Å². The molecule has 0 saturated heterocycles. The number of rotatable bonds is 8. The number of hydrogen-bond donors (Lipinski definition) is 1. The molecule has 116 valence electrons. The fraction of sp³-hybridized carbons (Fsp3) is 0.529. The average molecular weight is 291 g/mol. The lowest BCUT2D eigenvalue weighted by atomic mass is 10.0. The summed E-state index contributed by atoms with van der Waals surface area (Å²) < 4.78 is 0. The van der Waals surface area contributed by atoms with Gasteiger partial charge in [0.25, 0.3) is 0 Å². The molecule has 4 heteroatoms. The van der Waals surface area contributed by atoms with Gasteiger partial charge < -0.3 is 10.0 Å². The van der Waals surface area contributed by atoms with Crippen molar-refractivity contribution in [3.05, 3.63) is 35.4 Å². The Morgan fingerprint density at radius 2 is 1.86 bits per heavy atom. The monoisotopic (exact) mass is 291 g/mol. The molecule has 0 heterocycles. The van der Waals surface area contributed by atoms with Gasteiger partial charge in [-0.15, -0.1) is 0 Å². The number of benzene rings is 1. The van der Waals surface area contributed by atoms with Gasteiger partial charge in [0.15, 0.2) is 0 Å². The third kappa shape index (κ3) is 6.43. The Morgan fingerprint density at radius 3 is 2.43 bits per heavy atom. The molecule has 0 aliphatic heterocycles. The number of amides is 1. The van der Waals surface area contributed by atoms with Crippen molar-refractivity contribution in [3.63, 3.8) is 0 Å². The lowest BCUT2D eigenvalue weighted by Crippen LogP contribution is -2.36. The second-order valence-electron chi connectivity index (χ2n) is 5.80. The van der Waals surface area contributed by atoms with Crippen LogP contribution in [-0.2, 0) is 16.0 Å². The number of aryl methyl sites for hydroxylation is 2. The minimum atomic E-state index is -0.865. The Bertz CT molecular complexity index is 483. The number of carboxylic acids is 1. The normalized spacial score (nSPS) is 10.7. The zero-order valence-electron chi connectivity index (χ0n) is 13.1. The molecule has 0 bridgehead atoms. The van der Waals surface area contributed by atoms with E-state index in [0.29, 0.717) is 31.8 Å². The van der Waals surface area contributed by atoms with Crippen molar-refractivity contribution >= 4 is 11.9 Å². The smallest absolute Gasteiger partial charge is 0.305 e. The summed E-state index contributed by atoms with van der Waals surface area (Å²) in [4.78, 5) is 24.7. The molecule has 0 radical (unpaired) electrons. The predicted molar refractivity (Wildman–Crippen MR) is 83.2 cm³/mol. The number of hydrogen-bond acceptors (Lipinski definition) is 2. The first-order valence-corrected chi connectivity index (χ1v) is 7.44. The molecule has 0 unspecified atom stereocenters. The summed E-state index contributed by atoms with van der Waals surface area (Å²) in [6.45, 7) is 7.00. The second-order valence-corrected chi connectivity index (χ2v) is 5.80. The van der Waals surface area contributed by atoms with Crippen LogP contribution in [0.2, 0.25) is 0 Å². The quantitative estimate of drug-likeness (QED) is 0.801. The van der Waals surface area contributed by atoms with Gasteiger partial charge in [0.1, 0.15) is 0 Å². The van der Waals surface area contributed by atoms with Crippen molar-refractivity contribution in [2.75, 3.05) is 13.1 Å². The molecule has 0 aliphatic carbocycles. The first-order chi connectivity index (χ1) is 9.90. The first-order valence-electron chi connectivity index (χ1n) is 7.44. The van der Waals surface area contributed by atoms with Crippen LogP contribution in [0.3, 0.4) is 0 Å². The zero-order valence-corrected chi connectivity index (χ0v) is 13.1. The summed E-state index contributed by atoms with van der Waals surface area (Å²) in [5, 5.41) is 8.78. The highest BCUT2D eigenvalue weighted by Gasteiger charge is 2.16.